The summed E-state index contributed by atoms with van der Waals surface area (Å²) in [6.07, 6.45) is 9.65. The third-order valence-corrected chi connectivity index (χ3v) is 3.73. The molecule has 96 valence electrons. The third-order valence-electron chi connectivity index (χ3n) is 3.73. The molecule has 0 aromatic carbocycles. The fourth-order valence-electron chi connectivity index (χ4n) is 2.67. The van der Waals surface area contributed by atoms with Crippen molar-refractivity contribution in [3.8, 4) is 0 Å². The molecule has 0 heterocycles. The first-order valence-electron chi connectivity index (χ1n) is 7.20. The van der Waals surface area contributed by atoms with Gasteiger partial charge in [0, 0.05) is 6.04 Å². The molecule has 1 fully saturated rings. The van der Waals surface area contributed by atoms with Gasteiger partial charge in [-0.2, -0.15) is 0 Å². The number of hydrogen-bond acceptors (Lipinski definition) is 2. The molecule has 0 amide bonds. The standard InChI is InChI=1S/C14H29NO/c1-3-5-10-15(11-6-4-2)13-8-7-9-14(16)12-13/h13-14,16H,3-12H2,1-2H3. The normalized spacial score (nSPS) is 26.2. The SMILES string of the molecule is CCCCN(CCCC)C1CCCC(O)C1. The number of aliphatic hydroxyl groups is 1. The second kappa shape index (κ2) is 8.08. The van der Waals surface area contributed by atoms with Crippen LogP contribution >= 0.6 is 0 Å². The second-order valence-electron chi connectivity index (χ2n) is 5.22. The highest BCUT2D eigenvalue weighted by Gasteiger charge is 2.24. The van der Waals surface area contributed by atoms with Gasteiger partial charge in [0.05, 0.1) is 6.10 Å². The van der Waals surface area contributed by atoms with Crippen LogP contribution in [-0.2, 0) is 0 Å². The highest BCUT2D eigenvalue weighted by atomic mass is 16.3. The summed E-state index contributed by atoms with van der Waals surface area (Å²) >= 11 is 0. The Labute approximate surface area is 101 Å². The minimum absolute atomic E-state index is 0.0375. The molecule has 0 aliphatic heterocycles. The van der Waals surface area contributed by atoms with Crippen LogP contribution < -0.4 is 0 Å². The molecule has 0 saturated heterocycles. The zero-order valence-corrected chi connectivity index (χ0v) is 11.1. The lowest BCUT2D eigenvalue weighted by Crippen LogP contribution is -2.41. The molecule has 0 bridgehead atoms. The summed E-state index contributed by atoms with van der Waals surface area (Å²) in [5.41, 5.74) is 0. The van der Waals surface area contributed by atoms with E-state index in [0.29, 0.717) is 6.04 Å². The van der Waals surface area contributed by atoms with Gasteiger partial charge in [0.25, 0.3) is 0 Å². The number of unbranched alkanes of at least 4 members (excludes halogenated alkanes) is 2. The number of nitrogens with zero attached hydrogens (tertiary/aromatic N) is 1. The van der Waals surface area contributed by atoms with Gasteiger partial charge < -0.3 is 10.0 Å². The minimum Gasteiger partial charge on any atom is -0.393 e. The highest BCUT2D eigenvalue weighted by Crippen LogP contribution is 2.23. The van der Waals surface area contributed by atoms with E-state index >= 15 is 0 Å². The van der Waals surface area contributed by atoms with Crippen LogP contribution in [0.4, 0.5) is 0 Å². The monoisotopic (exact) mass is 227 g/mol. The van der Waals surface area contributed by atoms with Crippen molar-refractivity contribution in [1.29, 1.82) is 0 Å². The predicted molar refractivity (Wildman–Crippen MR) is 69.7 cm³/mol. The first-order valence-corrected chi connectivity index (χ1v) is 7.20. The number of hydrogen-bond donors (Lipinski definition) is 1. The summed E-state index contributed by atoms with van der Waals surface area (Å²) in [7, 11) is 0. The zero-order chi connectivity index (χ0) is 11.8. The summed E-state index contributed by atoms with van der Waals surface area (Å²) in [4.78, 5) is 2.63. The fourth-order valence-corrected chi connectivity index (χ4v) is 2.67. The summed E-state index contributed by atoms with van der Waals surface area (Å²) < 4.78 is 0. The van der Waals surface area contributed by atoms with E-state index in [2.05, 4.69) is 18.7 Å². The predicted octanol–water partition coefficient (Wildman–Crippen LogP) is 3.19. The van der Waals surface area contributed by atoms with E-state index in [1.807, 2.05) is 0 Å². The van der Waals surface area contributed by atoms with Gasteiger partial charge in [-0.05, 0) is 51.6 Å². The van der Waals surface area contributed by atoms with Gasteiger partial charge in [0.15, 0.2) is 0 Å². The summed E-state index contributed by atoms with van der Waals surface area (Å²) in [6.45, 7) is 6.98. The summed E-state index contributed by atoms with van der Waals surface area (Å²) in [6, 6.07) is 0.654. The largest absolute Gasteiger partial charge is 0.393 e. The molecule has 1 aliphatic rings. The van der Waals surface area contributed by atoms with E-state index in [9.17, 15) is 5.11 Å². The fraction of sp³-hybridized carbons (Fsp3) is 1.00. The first kappa shape index (κ1) is 14.0. The van der Waals surface area contributed by atoms with Crippen molar-refractivity contribution in [1.82, 2.24) is 4.90 Å². The van der Waals surface area contributed by atoms with Crippen molar-refractivity contribution in [2.75, 3.05) is 13.1 Å². The molecule has 2 heteroatoms. The summed E-state index contributed by atoms with van der Waals surface area (Å²) in [5, 5.41) is 9.75. The van der Waals surface area contributed by atoms with Crippen LogP contribution in [0.2, 0.25) is 0 Å². The Morgan fingerprint density at radius 1 is 1.06 bits per heavy atom. The Bertz CT molecular complexity index is 164. The van der Waals surface area contributed by atoms with Crippen LogP contribution in [-0.4, -0.2) is 35.2 Å². The van der Waals surface area contributed by atoms with Crippen molar-refractivity contribution >= 4 is 0 Å². The molecule has 0 aromatic rings. The Balaban J connectivity index is 2.38. The smallest absolute Gasteiger partial charge is 0.0555 e. The Hall–Kier alpha value is -0.0800. The van der Waals surface area contributed by atoms with Gasteiger partial charge in [0.1, 0.15) is 0 Å². The van der Waals surface area contributed by atoms with E-state index < -0.39 is 0 Å². The molecule has 2 atom stereocenters. The molecule has 1 N–H and O–H groups in total. The van der Waals surface area contributed by atoms with Crippen LogP contribution in [0.1, 0.15) is 65.2 Å². The maximum Gasteiger partial charge on any atom is 0.0555 e. The van der Waals surface area contributed by atoms with E-state index in [1.54, 1.807) is 0 Å². The molecule has 2 nitrogen and oxygen atoms in total. The van der Waals surface area contributed by atoms with Crippen LogP contribution in [0, 0.1) is 0 Å². The van der Waals surface area contributed by atoms with E-state index in [-0.39, 0.29) is 6.10 Å². The first-order chi connectivity index (χ1) is 7.77. The van der Waals surface area contributed by atoms with Crippen molar-refractivity contribution in [2.45, 2.75) is 77.4 Å². The van der Waals surface area contributed by atoms with Crippen LogP contribution in [0.25, 0.3) is 0 Å². The minimum atomic E-state index is -0.0375. The van der Waals surface area contributed by atoms with E-state index in [0.717, 1.165) is 12.8 Å². The highest BCUT2D eigenvalue weighted by molar-refractivity contribution is 4.80. The molecule has 0 spiro atoms. The molecular formula is C14H29NO. The molecule has 0 radical (unpaired) electrons. The lowest BCUT2D eigenvalue weighted by molar-refractivity contribution is 0.0603. The van der Waals surface area contributed by atoms with Gasteiger partial charge in [-0.15, -0.1) is 0 Å². The topological polar surface area (TPSA) is 23.5 Å². The van der Waals surface area contributed by atoms with E-state index in [1.165, 1.54) is 51.6 Å². The Morgan fingerprint density at radius 2 is 1.69 bits per heavy atom. The zero-order valence-electron chi connectivity index (χ0n) is 11.1. The van der Waals surface area contributed by atoms with E-state index in [4.69, 9.17) is 0 Å². The average molecular weight is 227 g/mol. The Kier molecular flexibility index (Phi) is 7.06. The van der Waals surface area contributed by atoms with Gasteiger partial charge in [-0.1, -0.05) is 26.7 Å². The number of aliphatic hydroxyl groups excluding tert-OH is 1. The molecule has 0 aromatic heterocycles. The maximum atomic E-state index is 9.75. The van der Waals surface area contributed by atoms with Gasteiger partial charge in [-0.3, -0.25) is 0 Å². The molecule has 1 aliphatic carbocycles. The molecule has 1 rings (SSSR count). The molecule has 1 saturated carbocycles. The van der Waals surface area contributed by atoms with Gasteiger partial charge >= 0.3 is 0 Å². The third kappa shape index (κ3) is 4.84. The number of rotatable bonds is 7. The van der Waals surface area contributed by atoms with Crippen LogP contribution in [0.3, 0.4) is 0 Å². The van der Waals surface area contributed by atoms with Crippen LogP contribution in [0.15, 0.2) is 0 Å². The maximum absolute atomic E-state index is 9.75. The molecular weight excluding hydrogens is 198 g/mol. The summed E-state index contributed by atoms with van der Waals surface area (Å²) in [5.74, 6) is 0. The van der Waals surface area contributed by atoms with Crippen molar-refractivity contribution < 1.29 is 5.11 Å². The Morgan fingerprint density at radius 3 is 2.19 bits per heavy atom. The van der Waals surface area contributed by atoms with Gasteiger partial charge in [0.2, 0.25) is 0 Å². The van der Waals surface area contributed by atoms with Crippen molar-refractivity contribution in [3.63, 3.8) is 0 Å². The van der Waals surface area contributed by atoms with Crippen molar-refractivity contribution in [3.05, 3.63) is 0 Å². The lowest BCUT2D eigenvalue weighted by atomic mass is 9.91. The average Bonchev–Trinajstić information content (AvgIpc) is 2.29. The van der Waals surface area contributed by atoms with Crippen LogP contribution in [0.5, 0.6) is 0 Å². The molecule has 16 heavy (non-hydrogen) atoms. The van der Waals surface area contributed by atoms with Crippen molar-refractivity contribution in [2.24, 2.45) is 0 Å². The quantitative estimate of drug-likeness (QED) is 0.722. The second-order valence-corrected chi connectivity index (χ2v) is 5.22. The van der Waals surface area contributed by atoms with Gasteiger partial charge in [-0.25, -0.2) is 0 Å². The molecule has 2 unspecified atom stereocenters. The lowest BCUT2D eigenvalue weighted by Gasteiger charge is -2.36.